The van der Waals surface area contributed by atoms with Gasteiger partial charge < -0.3 is 14.9 Å². The van der Waals surface area contributed by atoms with Crippen LogP contribution in [0.25, 0.3) is 16.7 Å². The molecule has 1 aliphatic heterocycles. The van der Waals surface area contributed by atoms with Crippen LogP contribution >= 0.6 is 0 Å². The van der Waals surface area contributed by atoms with Gasteiger partial charge in [0.05, 0.1) is 28.2 Å². The molecular weight excluding hydrogens is 580 g/mol. The zero-order chi connectivity index (χ0) is 32.7. The van der Waals surface area contributed by atoms with Crippen molar-refractivity contribution in [2.24, 2.45) is 0 Å². The van der Waals surface area contributed by atoms with E-state index in [0.717, 1.165) is 0 Å². The molecule has 3 aromatic heterocycles. The molecule has 4 heterocycles. The standard InChI is InChI=1S/C33H37F2N7O3/c1-8-27(44)41-19(6)14-40(15-20(41)7)31-22-12-24(35)25(13-21-23(34)10-9-11-26(21)43)38-32(22)42(33(45)39-31)30-28(17(2)3)36-16-37-29(30)18(4)5/h8-12,16-20,43H,1,13-15H2,2-7H3/t19-,20+. The van der Waals surface area contributed by atoms with E-state index in [1.165, 1.54) is 41.2 Å². The van der Waals surface area contributed by atoms with Crippen LogP contribution < -0.4 is 10.6 Å². The van der Waals surface area contributed by atoms with Crippen LogP contribution in [0.3, 0.4) is 0 Å². The molecule has 45 heavy (non-hydrogen) atoms. The molecule has 0 spiro atoms. The average molecular weight is 618 g/mol. The van der Waals surface area contributed by atoms with E-state index in [-0.39, 0.29) is 70.1 Å². The number of pyridine rings is 1. The van der Waals surface area contributed by atoms with Gasteiger partial charge in [0, 0.05) is 37.2 Å². The van der Waals surface area contributed by atoms with Crippen molar-refractivity contribution in [1.29, 1.82) is 0 Å². The summed E-state index contributed by atoms with van der Waals surface area (Å²) < 4.78 is 32.0. The van der Waals surface area contributed by atoms with Gasteiger partial charge in [0.2, 0.25) is 5.91 Å². The van der Waals surface area contributed by atoms with Gasteiger partial charge in [-0.05, 0) is 50.0 Å². The van der Waals surface area contributed by atoms with Crippen molar-refractivity contribution in [3.63, 3.8) is 0 Å². The number of aromatic nitrogens is 5. The Labute approximate surface area is 260 Å². The van der Waals surface area contributed by atoms with E-state index in [0.29, 0.717) is 30.2 Å². The van der Waals surface area contributed by atoms with Gasteiger partial charge in [-0.15, -0.1) is 0 Å². The highest BCUT2D eigenvalue weighted by molar-refractivity contribution is 5.90. The van der Waals surface area contributed by atoms with E-state index >= 15 is 4.39 Å². The summed E-state index contributed by atoms with van der Waals surface area (Å²) in [4.78, 5) is 48.4. The molecule has 4 aromatic rings. The Morgan fingerprint density at radius 3 is 2.22 bits per heavy atom. The van der Waals surface area contributed by atoms with Gasteiger partial charge in [-0.25, -0.2) is 33.1 Å². The minimum atomic E-state index is -0.752. The van der Waals surface area contributed by atoms with Crippen LogP contribution in [0.5, 0.6) is 5.75 Å². The predicted octanol–water partition coefficient (Wildman–Crippen LogP) is 5.00. The topological polar surface area (TPSA) is 117 Å². The Bertz CT molecular complexity index is 1800. The Morgan fingerprint density at radius 1 is 1.04 bits per heavy atom. The molecular formula is C33H37F2N7O3. The summed E-state index contributed by atoms with van der Waals surface area (Å²) >= 11 is 0. The summed E-state index contributed by atoms with van der Waals surface area (Å²) in [5.74, 6) is -2.01. The number of anilines is 1. The van der Waals surface area contributed by atoms with Gasteiger partial charge in [-0.1, -0.05) is 40.3 Å². The second-order valence-electron chi connectivity index (χ2n) is 12.1. The molecule has 10 nitrogen and oxygen atoms in total. The molecule has 1 aromatic carbocycles. The number of benzene rings is 1. The Kier molecular flexibility index (Phi) is 8.68. The maximum Gasteiger partial charge on any atom is 0.355 e. The van der Waals surface area contributed by atoms with Crippen molar-refractivity contribution in [2.75, 3.05) is 18.0 Å². The third-order valence-electron chi connectivity index (χ3n) is 8.16. The lowest BCUT2D eigenvalue weighted by Crippen LogP contribution is -2.58. The van der Waals surface area contributed by atoms with Crippen LogP contribution in [0.15, 0.2) is 48.0 Å². The number of phenolic OH excluding ortho intramolecular Hbond substituents is 1. The van der Waals surface area contributed by atoms with Gasteiger partial charge in [0.1, 0.15) is 29.5 Å². The van der Waals surface area contributed by atoms with Crippen LogP contribution in [-0.2, 0) is 11.2 Å². The lowest BCUT2D eigenvalue weighted by Gasteiger charge is -2.44. The van der Waals surface area contributed by atoms with Crippen molar-refractivity contribution in [3.05, 3.63) is 88.0 Å². The molecule has 0 saturated carbocycles. The third-order valence-corrected chi connectivity index (χ3v) is 8.16. The van der Waals surface area contributed by atoms with E-state index in [4.69, 9.17) is 0 Å². The van der Waals surface area contributed by atoms with Crippen LogP contribution in [0.4, 0.5) is 14.6 Å². The normalized spacial score (nSPS) is 17.0. The van der Waals surface area contributed by atoms with E-state index in [1.54, 1.807) is 4.90 Å². The number of hydrogen-bond donors (Lipinski definition) is 1. The summed E-state index contributed by atoms with van der Waals surface area (Å²) in [6.07, 6.45) is 2.36. The van der Waals surface area contributed by atoms with Gasteiger partial charge in [0.25, 0.3) is 0 Å². The molecule has 1 N–H and O–H groups in total. The number of amides is 1. The number of rotatable bonds is 7. The highest BCUT2D eigenvalue weighted by Crippen LogP contribution is 2.34. The molecule has 0 unspecified atom stereocenters. The lowest BCUT2D eigenvalue weighted by molar-refractivity contribution is -0.130. The van der Waals surface area contributed by atoms with Crippen LogP contribution in [-0.4, -0.2) is 65.6 Å². The molecule has 0 bridgehead atoms. The number of fused-ring (bicyclic) bond motifs is 1. The third kappa shape index (κ3) is 5.76. The number of nitrogens with zero attached hydrogens (tertiary/aromatic N) is 7. The molecule has 1 saturated heterocycles. The van der Waals surface area contributed by atoms with Crippen LogP contribution in [0.2, 0.25) is 0 Å². The molecule has 236 valence electrons. The number of phenols is 1. The molecule has 1 fully saturated rings. The van der Waals surface area contributed by atoms with Crippen molar-refractivity contribution in [2.45, 2.75) is 71.9 Å². The summed E-state index contributed by atoms with van der Waals surface area (Å²) in [7, 11) is 0. The molecule has 12 heteroatoms. The van der Waals surface area contributed by atoms with Gasteiger partial charge >= 0.3 is 5.69 Å². The number of halogens is 2. The summed E-state index contributed by atoms with van der Waals surface area (Å²) in [6.45, 7) is 15.8. The second kappa shape index (κ2) is 12.3. The first-order valence-electron chi connectivity index (χ1n) is 15.0. The minimum absolute atomic E-state index is 0.0979. The number of piperazine rings is 1. The number of aromatic hydroxyl groups is 1. The Hall–Kier alpha value is -4.74. The maximum atomic E-state index is 15.9. The van der Waals surface area contributed by atoms with Crippen molar-refractivity contribution in [1.82, 2.24) is 29.4 Å². The highest BCUT2D eigenvalue weighted by Gasteiger charge is 2.34. The number of carbonyl (C=O) groups is 1. The molecule has 1 aliphatic rings. The molecule has 1 amide bonds. The first-order chi connectivity index (χ1) is 21.3. The minimum Gasteiger partial charge on any atom is -0.508 e. The Morgan fingerprint density at radius 2 is 1.67 bits per heavy atom. The van der Waals surface area contributed by atoms with E-state index in [1.807, 2.05) is 46.4 Å². The SMILES string of the molecule is C=CC(=O)N1[C@H](C)CN(c2nc(=O)n(-c3c(C(C)C)ncnc3C(C)C)c3nc(Cc4c(O)cccc4F)c(F)cc23)C[C@@H]1C. The van der Waals surface area contributed by atoms with E-state index in [2.05, 4.69) is 26.5 Å². The second-order valence-corrected chi connectivity index (χ2v) is 12.1. The summed E-state index contributed by atoms with van der Waals surface area (Å²) in [6, 6.07) is 4.58. The molecule has 0 aliphatic carbocycles. The van der Waals surface area contributed by atoms with Gasteiger partial charge in [0.15, 0.2) is 5.65 Å². The number of hydrogen-bond acceptors (Lipinski definition) is 8. The lowest BCUT2D eigenvalue weighted by atomic mass is 10.0. The first-order valence-corrected chi connectivity index (χ1v) is 15.0. The van der Waals surface area contributed by atoms with Crippen molar-refractivity contribution < 1.29 is 18.7 Å². The number of carbonyl (C=O) groups excluding carboxylic acids is 1. The first kappa shape index (κ1) is 31.7. The fourth-order valence-corrected chi connectivity index (χ4v) is 6.12. The fourth-order valence-electron chi connectivity index (χ4n) is 6.12. The van der Waals surface area contributed by atoms with Crippen LogP contribution in [0, 0.1) is 11.6 Å². The summed E-state index contributed by atoms with van der Waals surface area (Å²) in [5.41, 5.74) is 0.741. The maximum absolute atomic E-state index is 15.9. The fraction of sp³-hybridized carbons (Fsp3) is 0.394. The highest BCUT2D eigenvalue weighted by atomic mass is 19.1. The molecule has 5 rings (SSSR count). The molecule has 2 atom stereocenters. The quantitative estimate of drug-likeness (QED) is 0.288. The monoisotopic (exact) mass is 617 g/mol. The molecule has 0 radical (unpaired) electrons. The summed E-state index contributed by atoms with van der Waals surface area (Å²) in [5, 5.41) is 10.6. The smallest absolute Gasteiger partial charge is 0.355 e. The van der Waals surface area contributed by atoms with Crippen molar-refractivity contribution >= 4 is 22.8 Å². The zero-order valence-corrected chi connectivity index (χ0v) is 26.3. The van der Waals surface area contributed by atoms with Crippen LogP contribution in [0.1, 0.15) is 76.0 Å². The average Bonchev–Trinajstić information content (AvgIpc) is 2.98. The Balaban J connectivity index is 1.81. The largest absolute Gasteiger partial charge is 0.508 e. The van der Waals surface area contributed by atoms with Crippen molar-refractivity contribution in [3.8, 4) is 11.4 Å². The predicted molar refractivity (Wildman–Crippen MR) is 168 cm³/mol. The van der Waals surface area contributed by atoms with E-state index < -0.39 is 17.3 Å². The zero-order valence-electron chi connectivity index (χ0n) is 26.3. The van der Waals surface area contributed by atoms with E-state index in [9.17, 15) is 19.1 Å². The van der Waals surface area contributed by atoms with Gasteiger partial charge in [-0.2, -0.15) is 4.98 Å². The van der Waals surface area contributed by atoms with Gasteiger partial charge in [-0.3, -0.25) is 4.79 Å².